The summed E-state index contributed by atoms with van der Waals surface area (Å²) in [5, 5.41) is 0. The van der Waals surface area contributed by atoms with E-state index in [4.69, 9.17) is 0 Å². The van der Waals surface area contributed by atoms with Crippen molar-refractivity contribution < 1.29 is 18.0 Å². The van der Waals surface area contributed by atoms with Crippen LogP contribution in [0.25, 0.3) is 0 Å². The summed E-state index contributed by atoms with van der Waals surface area (Å²) < 4.78 is 36.8. The van der Waals surface area contributed by atoms with Gasteiger partial charge in [0.2, 0.25) is 0 Å². The second-order valence-electron chi connectivity index (χ2n) is 5.27. The summed E-state index contributed by atoms with van der Waals surface area (Å²) in [4.78, 5) is 14.3. The highest BCUT2D eigenvalue weighted by Gasteiger charge is 2.29. The Morgan fingerprint density at radius 1 is 1.29 bits per heavy atom. The number of amides is 1. The highest BCUT2D eigenvalue weighted by Crippen LogP contribution is 2.36. The molecule has 0 atom stereocenters. The van der Waals surface area contributed by atoms with Crippen LogP contribution in [0.15, 0.2) is 29.2 Å². The molecule has 1 aliphatic carbocycles. The van der Waals surface area contributed by atoms with Crippen molar-refractivity contribution in [1.82, 2.24) is 4.90 Å². The Hall–Kier alpha value is -1.17. The highest BCUT2D eigenvalue weighted by molar-refractivity contribution is 8.00. The van der Waals surface area contributed by atoms with Crippen LogP contribution < -0.4 is 0 Å². The first-order valence-electron chi connectivity index (χ1n) is 7.04. The van der Waals surface area contributed by atoms with Gasteiger partial charge in [-0.25, -0.2) is 0 Å². The molecular weight excluding hydrogens is 299 g/mol. The van der Waals surface area contributed by atoms with E-state index in [1.54, 1.807) is 0 Å². The van der Waals surface area contributed by atoms with Crippen molar-refractivity contribution >= 4 is 17.7 Å². The van der Waals surface area contributed by atoms with Gasteiger partial charge in [0.05, 0.1) is 0 Å². The molecule has 0 N–H and O–H groups in total. The molecule has 21 heavy (non-hydrogen) atoms. The Bertz CT molecular complexity index is 483. The van der Waals surface area contributed by atoms with Crippen molar-refractivity contribution in [1.29, 1.82) is 0 Å². The molecule has 1 aromatic rings. The average molecular weight is 317 g/mol. The molecule has 0 heterocycles. The molecular formula is C15H18F3NOS. The number of rotatable bonds is 6. The molecule has 0 radical (unpaired) electrons. The van der Waals surface area contributed by atoms with Gasteiger partial charge < -0.3 is 4.90 Å². The summed E-state index contributed by atoms with van der Waals surface area (Å²) in [6.07, 6.45) is 3.20. The second-order valence-corrected chi connectivity index (χ2v) is 6.41. The molecule has 0 bridgehead atoms. The van der Waals surface area contributed by atoms with Gasteiger partial charge in [-0.1, -0.05) is 6.92 Å². The van der Waals surface area contributed by atoms with E-state index in [1.807, 2.05) is 11.8 Å². The van der Waals surface area contributed by atoms with Crippen molar-refractivity contribution in [2.75, 3.05) is 13.1 Å². The van der Waals surface area contributed by atoms with Gasteiger partial charge in [0, 0.05) is 23.5 Å². The topological polar surface area (TPSA) is 20.3 Å². The summed E-state index contributed by atoms with van der Waals surface area (Å²) in [5.74, 6) is 0.507. The summed E-state index contributed by atoms with van der Waals surface area (Å²) in [6.45, 7) is 3.45. The van der Waals surface area contributed by atoms with Gasteiger partial charge in [-0.3, -0.25) is 4.79 Å². The predicted molar refractivity (Wildman–Crippen MR) is 77.3 cm³/mol. The lowest BCUT2D eigenvalue weighted by molar-refractivity contribution is -0.0328. The lowest BCUT2D eigenvalue weighted by Crippen LogP contribution is -2.33. The number of carbonyl (C=O) groups is 1. The lowest BCUT2D eigenvalue weighted by Gasteiger charge is -2.22. The molecule has 0 saturated heterocycles. The van der Waals surface area contributed by atoms with Crippen molar-refractivity contribution in [3.8, 4) is 0 Å². The Labute approximate surface area is 126 Å². The van der Waals surface area contributed by atoms with Crippen LogP contribution in [-0.2, 0) is 0 Å². The number of nitrogens with zero attached hydrogens (tertiary/aromatic N) is 1. The molecule has 6 heteroatoms. The average Bonchev–Trinajstić information content (AvgIpc) is 3.20. The predicted octanol–water partition coefficient (Wildman–Crippen LogP) is 4.56. The van der Waals surface area contributed by atoms with Gasteiger partial charge in [0.25, 0.3) is 5.91 Å². The van der Waals surface area contributed by atoms with E-state index < -0.39 is 5.51 Å². The third-order valence-electron chi connectivity index (χ3n) is 3.29. The Morgan fingerprint density at radius 2 is 1.90 bits per heavy atom. The van der Waals surface area contributed by atoms with Crippen LogP contribution in [0.3, 0.4) is 0 Å². The van der Waals surface area contributed by atoms with E-state index >= 15 is 0 Å². The van der Waals surface area contributed by atoms with Crippen LogP contribution in [0.1, 0.15) is 36.5 Å². The maximum Gasteiger partial charge on any atom is 0.446 e. The van der Waals surface area contributed by atoms with E-state index in [9.17, 15) is 18.0 Å². The van der Waals surface area contributed by atoms with Gasteiger partial charge in [-0.15, -0.1) is 0 Å². The van der Waals surface area contributed by atoms with E-state index in [0.717, 1.165) is 25.8 Å². The van der Waals surface area contributed by atoms with Gasteiger partial charge in [-0.05, 0) is 61.2 Å². The minimum absolute atomic E-state index is 0.0905. The fourth-order valence-corrected chi connectivity index (χ4v) is 2.68. The Morgan fingerprint density at radius 3 is 2.38 bits per heavy atom. The largest absolute Gasteiger partial charge is 0.446 e. The van der Waals surface area contributed by atoms with Gasteiger partial charge in [-0.2, -0.15) is 13.2 Å². The first-order chi connectivity index (χ1) is 9.89. The third-order valence-corrected chi connectivity index (χ3v) is 4.03. The molecule has 1 aliphatic rings. The SMILES string of the molecule is CCCN(CC1CC1)C(=O)c1ccc(SC(F)(F)F)cc1. The summed E-state index contributed by atoms with van der Waals surface area (Å²) in [6, 6.07) is 5.66. The molecule has 1 amide bonds. The summed E-state index contributed by atoms with van der Waals surface area (Å²) in [7, 11) is 0. The third kappa shape index (κ3) is 5.26. The van der Waals surface area contributed by atoms with E-state index in [2.05, 4.69) is 0 Å². The maximum absolute atomic E-state index is 12.4. The molecule has 0 unspecified atom stereocenters. The number of carbonyl (C=O) groups excluding carboxylic acids is 1. The minimum Gasteiger partial charge on any atom is -0.338 e. The molecule has 1 saturated carbocycles. The van der Waals surface area contributed by atoms with Crippen molar-refractivity contribution in [2.45, 2.75) is 36.6 Å². The molecule has 2 nitrogen and oxygen atoms in total. The van der Waals surface area contributed by atoms with Crippen LogP contribution in [-0.4, -0.2) is 29.4 Å². The first-order valence-corrected chi connectivity index (χ1v) is 7.86. The Balaban J connectivity index is 2.03. The number of hydrogen-bond donors (Lipinski definition) is 0. The molecule has 0 spiro atoms. The fraction of sp³-hybridized carbons (Fsp3) is 0.533. The molecule has 116 valence electrons. The zero-order chi connectivity index (χ0) is 15.5. The van der Waals surface area contributed by atoms with E-state index in [-0.39, 0.29) is 22.6 Å². The normalized spacial score (nSPS) is 15.0. The smallest absolute Gasteiger partial charge is 0.338 e. The van der Waals surface area contributed by atoms with E-state index in [0.29, 0.717) is 18.0 Å². The van der Waals surface area contributed by atoms with Gasteiger partial charge in [0.1, 0.15) is 0 Å². The standard InChI is InChI=1S/C15H18F3NOS/c1-2-9-19(10-11-3-4-11)14(20)12-5-7-13(8-6-12)21-15(16,17)18/h5-8,11H,2-4,9-10H2,1H3. The van der Waals surface area contributed by atoms with E-state index in [1.165, 1.54) is 24.3 Å². The summed E-state index contributed by atoms with van der Waals surface area (Å²) >= 11 is -0.164. The maximum atomic E-state index is 12.4. The lowest BCUT2D eigenvalue weighted by atomic mass is 10.2. The molecule has 2 rings (SSSR count). The number of benzene rings is 1. The van der Waals surface area contributed by atoms with Crippen molar-refractivity contribution in [3.05, 3.63) is 29.8 Å². The van der Waals surface area contributed by atoms with Crippen molar-refractivity contribution in [3.63, 3.8) is 0 Å². The zero-order valence-electron chi connectivity index (χ0n) is 11.8. The molecule has 1 fully saturated rings. The second kappa shape index (κ2) is 6.73. The Kier molecular flexibility index (Phi) is 5.19. The number of halogens is 3. The van der Waals surface area contributed by atoms with Gasteiger partial charge >= 0.3 is 5.51 Å². The van der Waals surface area contributed by atoms with Crippen LogP contribution in [0.2, 0.25) is 0 Å². The minimum atomic E-state index is -4.30. The quantitative estimate of drug-likeness (QED) is 0.717. The zero-order valence-corrected chi connectivity index (χ0v) is 12.6. The van der Waals surface area contributed by atoms with Crippen LogP contribution in [0, 0.1) is 5.92 Å². The first kappa shape index (κ1) is 16.2. The number of thioether (sulfide) groups is 1. The van der Waals surface area contributed by atoms with Crippen LogP contribution in [0.4, 0.5) is 13.2 Å². The van der Waals surface area contributed by atoms with Gasteiger partial charge in [0.15, 0.2) is 0 Å². The van der Waals surface area contributed by atoms with Crippen molar-refractivity contribution in [2.24, 2.45) is 5.92 Å². The van der Waals surface area contributed by atoms with Crippen LogP contribution in [0.5, 0.6) is 0 Å². The molecule has 1 aromatic carbocycles. The van der Waals surface area contributed by atoms with Crippen LogP contribution >= 0.6 is 11.8 Å². The highest BCUT2D eigenvalue weighted by atomic mass is 32.2. The number of hydrogen-bond acceptors (Lipinski definition) is 2. The number of alkyl halides is 3. The molecule has 0 aromatic heterocycles. The molecule has 0 aliphatic heterocycles. The summed E-state index contributed by atoms with van der Waals surface area (Å²) in [5.41, 5.74) is -3.85. The fourth-order valence-electron chi connectivity index (χ4n) is 2.14. The monoisotopic (exact) mass is 317 g/mol.